The molecule has 2 heterocycles. The average Bonchev–Trinajstić information content (AvgIpc) is 3.09. The quantitative estimate of drug-likeness (QED) is 0.412. The summed E-state index contributed by atoms with van der Waals surface area (Å²) in [6, 6.07) is 10.2. The number of hydrogen-bond acceptors (Lipinski definition) is 5. The van der Waals surface area contributed by atoms with Gasteiger partial charge in [0.2, 0.25) is 0 Å². The monoisotopic (exact) mass is 420 g/mol. The van der Waals surface area contributed by atoms with E-state index in [4.69, 9.17) is 9.94 Å². The molecule has 0 bridgehead atoms. The number of oxime groups is 1. The zero-order valence-corrected chi connectivity index (χ0v) is 17.7. The highest BCUT2D eigenvalue weighted by Gasteiger charge is 2.18. The van der Waals surface area contributed by atoms with Crippen LogP contribution in [0.1, 0.15) is 28.0 Å². The Labute approximate surface area is 175 Å². The molecular formula is C21H25ClN2O3S. The van der Waals surface area contributed by atoms with Crippen molar-refractivity contribution < 1.29 is 14.7 Å². The van der Waals surface area contributed by atoms with Crippen molar-refractivity contribution in [2.75, 3.05) is 26.2 Å². The van der Waals surface area contributed by atoms with Gasteiger partial charge in [0.15, 0.2) is 0 Å². The van der Waals surface area contributed by atoms with E-state index in [0.717, 1.165) is 34.7 Å². The number of thiophene rings is 1. The van der Waals surface area contributed by atoms with E-state index in [9.17, 15) is 4.79 Å². The molecule has 2 aromatic rings. The van der Waals surface area contributed by atoms with E-state index in [1.54, 1.807) is 17.4 Å². The summed E-state index contributed by atoms with van der Waals surface area (Å²) >= 11 is 1.66. The predicted octanol–water partition coefficient (Wildman–Crippen LogP) is 4.27. The van der Waals surface area contributed by atoms with E-state index in [1.807, 2.05) is 12.1 Å². The number of halogens is 1. The first-order valence-corrected chi connectivity index (χ1v) is 9.89. The number of aliphatic carboxylic acids is 1. The third-order valence-electron chi connectivity index (χ3n) is 4.64. The zero-order valence-electron chi connectivity index (χ0n) is 16.1. The molecule has 1 N–H and O–H groups in total. The Morgan fingerprint density at radius 1 is 1.25 bits per heavy atom. The summed E-state index contributed by atoms with van der Waals surface area (Å²) in [5.41, 5.74) is 4.71. The SMILES string of the molecule is Cc1ccccc1C(=NOCCN1CCC=C(C(=O)O)C1)c1sccc1C.Cl. The number of hydrogen-bond donors (Lipinski definition) is 1. The number of carboxylic acids is 1. The fourth-order valence-corrected chi connectivity index (χ4v) is 4.02. The summed E-state index contributed by atoms with van der Waals surface area (Å²) in [6.07, 6.45) is 2.56. The Bertz CT molecular complexity index is 876. The highest BCUT2D eigenvalue weighted by Crippen LogP contribution is 2.23. The summed E-state index contributed by atoms with van der Waals surface area (Å²) in [4.78, 5) is 20.0. The molecule has 0 fully saturated rings. The van der Waals surface area contributed by atoms with Crippen LogP contribution in [0.15, 0.2) is 52.5 Å². The second-order valence-corrected chi connectivity index (χ2v) is 7.54. The molecule has 5 nitrogen and oxygen atoms in total. The average molecular weight is 421 g/mol. The molecule has 0 atom stereocenters. The van der Waals surface area contributed by atoms with Crippen LogP contribution in [-0.4, -0.2) is 47.9 Å². The topological polar surface area (TPSA) is 62.1 Å². The number of rotatable bonds is 7. The molecule has 0 radical (unpaired) electrons. The lowest BCUT2D eigenvalue weighted by Gasteiger charge is -2.24. The molecule has 1 aromatic carbocycles. The molecule has 0 saturated heterocycles. The van der Waals surface area contributed by atoms with Gasteiger partial charge in [-0.05, 0) is 42.8 Å². The summed E-state index contributed by atoms with van der Waals surface area (Å²) in [5.74, 6) is -0.839. The molecule has 7 heteroatoms. The number of benzene rings is 1. The van der Waals surface area contributed by atoms with Gasteiger partial charge < -0.3 is 9.94 Å². The summed E-state index contributed by atoms with van der Waals surface area (Å²) in [7, 11) is 0. The Kier molecular flexibility index (Phi) is 8.23. The van der Waals surface area contributed by atoms with E-state index < -0.39 is 5.97 Å². The smallest absolute Gasteiger partial charge is 0.332 e. The molecule has 3 rings (SSSR count). The van der Waals surface area contributed by atoms with Crippen molar-refractivity contribution in [3.63, 3.8) is 0 Å². The Morgan fingerprint density at radius 2 is 2.04 bits per heavy atom. The van der Waals surface area contributed by atoms with Gasteiger partial charge in [-0.3, -0.25) is 4.90 Å². The van der Waals surface area contributed by atoms with E-state index in [0.29, 0.717) is 25.3 Å². The van der Waals surface area contributed by atoms with Crippen molar-refractivity contribution in [1.29, 1.82) is 0 Å². The molecule has 0 unspecified atom stereocenters. The van der Waals surface area contributed by atoms with Crippen molar-refractivity contribution in [3.05, 3.63) is 68.9 Å². The lowest BCUT2D eigenvalue weighted by atomic mass is 10.0. The molecule has 28 heavy (non-hydrogen) atoms. The summed E-state index contributed by atoms with van der Waals surface area (Å²) < 4.78 is 0. The highest BCUT2D eigenvalue weighted by molar-refractivity contribution is 7.12. The number of carbonyl (C=O) groups is 1. The van der Waals surface area contributed by atoms with Gasteiger partial charge in [0.25, 0.3) is 0 Å². The lowest BCUT2D eigenvalue weighted by molar-refractivity contribution is -0.133. The molecule has 1 aliphatic heterocycles. The van der Waals surface area contributed by atoms with E-state index in [-0.39, 0.29) is 12.4 Å². The Hall–Kier alpha value is -2.15. The summed E-state index contributed by atoms with van der Waals surface area (Å²) in [5, 5.41) is 15.7. The second kappa shape index (κ2) is 10.4. The molecule has 1 aliphatic rings. The first kappa shape index (κ1) is 22.1. The van der Waals surface area contributed by atoms with Gasteiger partial charge >= 0.3 is 5.97 Å². The minimum atomic E-state index is -0.839. The molecule has 0 saturated carbocycles. The standard InChI is InChI=1S/C21H24N2O3S.ClH/c1-15-6-3-4-8-18(15)19(20-16(2)9-13-27-20)22-26-12-11-23-10-5-7-17(14-23)21(24)25;/h3-4,6-9,13H,5,10-12,14H2,1-2H3,(H,24,25);1H. The maximum atomic E-state index is 11.1. The Morgan fingerprint density at radius 3 is 2.71 bits per heavy atom. The fourth-order valence-electron chi connectivity index (χ4n) is 3.10. The van der Waals surface area contributed by atoms with Crippen molar-refractivity contribution in [2.24, 2.45) is 5.16 Å². The van der Waals surface area contributed by atoms with E-state index in [2.05, 4.69) is 47.5 Å². The van der Waals surface area contributed by atoms with Crippen LogP contribution < -0.4 is 0 Å². The first-order valence-electron chi connectivity index (χ1n) is 9.01. The minimum absolute atomic E-state index is 0. The maximum absolute atomic E-state index is 11.1. The zero-order chi connectivity index (χ0) is 19.2. The second-order valence-electron chi connectivity index (χ2n) is 6.62. The van der Waals surface area contributed by atoms with Gasteiger partial charge in [0.05, 0.1) is 4.88 Å². The molecular weight excluding hydrogens is 396 g/mol. The summed E-state index contributed by atoms with van der Waals surface area (Å²) in [6.45, 7) is 6.52. The van der Waals surface area contributed by atoms with Crippen LogP contribution in [0.4, 0.5) is 0 Å². The molecule has 0 aliphatic carbocycles. The highest BCUT2D eigenvalue weighted by atomic mass is 35.5. The van der Waals surface area contributed by atoms with Crippen LogP contribution in [0, 0.1) is 13.8 Å². The van der Waals surface area contributed by atoms with Crippen LogP contribution in [0.25, 0.3) is 0 Å². The number of carboxylic acid groups (broad SMARTS) is 1. The van der Waals surface area contributed by atoms with Crippen LogP contribution in [0.2, 0.25) is 0 Å². The number of nitrogens with zero attached hydrogens (tertiary/aromatic N) is 2. The van der Waals surface area contributed by atoms with Crippen LogP contribution in [0.5, 0.6) is 0 Å². The molecule has 0 amide bonds. The van der Waals surface area contributed by atoms with Gasteiger partial charge in [0.1, 0.15) is 12.3 Å². The van der Waals surface area contributed by atoms with Gasteiger partial charge in [-0.1, -0.05) is 35.5 Å². The van der Waals surface area contributed by atoms with E-state index in [1.165, 1.54) is 5.56 Å². The van der Waals surface area contributed by atoms with Gasteiger partial charge in [-0.2, -0.15) is 0 Å². The minimum Gasteiger partial charge on any atom is -0.478 e. The third-order valence-corrected chi connectivity index (χ3v) is 5.66. The van der Waals surface area contributed by atoms with Crippen LogP contribution in [0.3, 0.4) is 0 Å². The molecule has 150 valence electrons. The maximum Gasteiger partial charge on any atom is 0.332 e. The van der Waals surface area contributed by atoms with Crippen molar-refractivity contribution in [1.82, 2.24) is 4.90 Å². The third kappa shape index (κ3) is 5.44. The molecule has 0 spiro atoms. The predicted molar refractivity (Wildman–Crippen MR) is 116 cm³/mol. The van der Waals surface area contributed by atoms with E-state index >= 15 is 0 Å². The van der Waals surface area contributed by atoms with Crippen molar-refractivity contribution >= 4 is 35.4 Å². The van der Waals surface area contributed by atoms with Crippen molar-refractivity contribution in [2.45, 2.75) is 20.3 Å². The first-order chi connectivity index (χ1) is 13.1. The van der Waals surface area contributed by atoms with Gasteiger partial charge in [0, 0.05) is 30.8 Å². The number of aryl methyl sites for hydroxylation is 2. The normalized spacial score (nSPS) is 14.9. The van der Waals surface area contributed by atoms with Gasteiger partial charge in [-0.15, -0.1) is 23.7 Å². The van der Waals surface area contributed by atoms with Gasteiger partial charge in [-0.25, -0.2) is 4.79 Å². The lowest BCUT2D eigenvalue weighted by Crippen LogP contribution is -2.34. The fraction of sp³-hybridized carbons (Fsp3) is 0.333. The largest absolute Gasteiger partial charge is 0.478 e. The van der Waals surface area contributed by atoms with Crippen LogP contribution in [-0.2, 0) is 9.63 Å². The molecule has 1 aromatic heterocycles. The Balaban J connectivity index is 0.00000280. The van der Waals surface area contributed by atoms with Crippen molar-refractivity contribution in [3.8, 4) is 0 Å². The van der Waals surface area contributed by atoms with Crippen LogP contribution >= 0.6 is 23.7 Å².